The fourth-order valence-corrected chi connectivity index (χ4v) is 3.21. The zero-order valence-electron chi connectivity index (χ0n) is 12.0. The van der Waals surface area contributed by atoms with Crippen LogP contribution in [0, 0.1) is 0 Å². The molecule has 0 aliphatic heterocycles. The van der Waals surface area contributed by atoms with Gasteiger partial charge in [-0.05, 0) is 18.4 Å². The summed E-state index contributed by atoms with van der Waals surface area (Å²) in [4.78, 5) is 4.49. The molecule has 1 aliphatic carbocycles. The molecule has 1 fully saturated rings. The third-order valence-electron chi connectivity index (χ3n) is 4.42. The molecule has 1 saturated carbocycles. The van der Waals surface area contributed by atoms with Gasteiger partial charge in [0.25, 0.3) is 0 Å². The van der Waals surface area contributed by atoms with Gasteiger partial charge in [0.1, 0.15) is 6.04 Å². The minimum atomic E-state index is -0.609. The Morgan fingerprint density at radius 2 is 1.90 bits per heavy atom. The number of benzene rings is 1. The van der Waals surface area contributed by atoms with E-state index in [9.17, 15) is 0 Å². The Hall–Kier alpha value is -1.72. The maximum atomic E-state index is 9.14. The highest BCUT2D eigenvalue weighted by molar-refractivity contribution is 5.33. The van der Waals surface area contributed by atoms with Gasteiger partial charge in [0, 0.05) is 0 Å². The van der Waals surface area contributed by atoms with E-state index in [4.69, 9.17) is 15.4 Å². The SMILES string of the molecule is N[C@@H](CO)c1nc(C2(c3ccccc3)CCCCC2)no1. The van der Waals surface area contributed by atoms with Crippen molar-refractivity contribution in [3.8, 4) is 0 Å². The van der Waals surface area contributed by atoms with Gasteiger partial charge in [-0.25, -0.2) is 0 Å². The van der Waals surface area contributed by atoms with Crippen molar-refractivity contribution in [2.45, 2.75) is 43.6 Å². The molecule has 0 saturated heterocycles. The summed E-state index contributed by atoms with van der Waals surface area (Å²) in [5, 5.41) is 13.3. The molecule has 1 aromatic heterocycles. The van der Waals surface area contributed by atoms with Gasteiger partial charge in [0.2, 0.25) is 5.89 Å². The van der Waals surface area contributed by atoms with Crippen molar-refractivity contribution in [3.63, 3.8) is 0 Å². The zero-order valence-corrected chi connectivity index (χ0v) is 12.0. The molecule has 1 aliphatic rings. The second kappa shape index (κ2) is 5.95. The molecule has 0 bridgehead atoms. The van der Waals surface area contributed by atoms with Crippen molar-refractivity contribution in [2.24, 2.45) is 5.73 Å². The van der Waals surface area contributed by atoms with Gasteiger partial charge >= 0.3 is 0 Å². The maximum Gasteiger partial charge on any atom is 0.245 e. The first-order chi connectivity index (χ1) is 10.3. The van der Waals surface area contributed by atoms with Crippen molar-refractivity contribution < 1.29 is 9.63 Å². The topological polar surface area (TPSA) is 85.2 Å². The van der Waals surface area contributed by atoms with E-state index in [2.05, 4.69) is 22.3 Å². The van der Waals surface area contributed by atoms with Crippen LogP contribution in [0.1, 0.15) is 55.4 Å². The van der Waals surface area contributed by atoms with Crippen LogP contribution < -0.4 is 5.73 Å². The normalized spacial score (nSPS) is 19.3. The highest BCUT2D eigenvalue weighted by Crippen LogP contribution is 2.43. The molecule has 5 nitrogen and oxygen atoms in total. The van der Waals surface area contributed by atoms with Crippen molar-refractivity contribution in [1.82, 2.24) is 10.1 Å². The molecule has 5 heteroatoms. The lowest BCUT2D eigenvalue weighted by molar-refractivity contribution is 0.235. The number of aliphatic hydroxyl groups is 1. The number of aromatic nitrogens is 2. The Labute approximate surface area is 124 Å². The lowest BCUT2D eigenvalue weighted by Crippen LogP contribution is -2.32. The Morgan fingerprint density at radius 1 is 1.19 bits per heavy atom. The Balaban J connectivity index is 2.02. The van der Waals surface area contributed by atoms with Gasteiger partial charge in [0.05, 0.1) is 12.0 Å². The van der Waals surface area contributed by atoms with E-state index in [0.29, 0.717) is 11.7 Å². The average molecular weight is 287 g/mol. The number of rotatable bonds is 4. The van der Waals surface area contributed by atoms with Crippen molar-refractivity contribution in [1.29, 1.82) is 0 Å². The van der Waals surface area contributed by atoms with Gasteiger partial charge in [-0.15, -0.1) is 0 Å². The van der Waals surface area contributed by atoms with Crippen molar-refractivity contribution >= 4 is 0 Å². The predicted octanol–water partition coefficient (Wildman–Crippen LogP) is 2.31. The summed E-state index contributed by atoms with van der Waals surface area (Å²) in [5.74, 6) is 1.01. The summed E-state index contributed by atoms with van der Waals surface area (Å²) in [6.07, 6.45) is 5.60. The van der Waals surface area contributed by atoms with Crippen LogP contribution in [0.2, 0.25) is 0 Å². The van der Waals surface area contributed by atoms with Crippen molar-refractivity contribution in [2.75, 3.05) is 6.61 Å². The molecule has 0 unspecified atom stereocenters. The minimum Gasteiger partial charge on any atom is -0.394 e. The summed E-state index contributed by atoms with van der Waals surface area (Å²) >= 11 is 0. The van der Waals surface area contributed by atoms with E-state index >= 15 is 0 Å². The van der Waals surface area contributed by atoms with E-state index < -0.39 is 6.04 Å². The summed E-state index contributed by atoms with van der Waals surface area (Å²) < 4.78 is 5.27. The summed E-state index contributed by atoms with van der Waals surface area (Å²) in [5.41, 5.74) is 6.82. The molecule has 112 valence electrons. The number of hydrogen-bond acceptors (Lipinski definition) is 5. The third kappa shape index (κ3) is 2.59. The fraction of sp³-hybridized carbons (Fsp3) is 0.500. The molecule has 21 heavy (non-hydrogen) atoms. The molecule has 0 radical (unpaired) electrons. The van der Waals surface area contributed by atoms with Gasteiger partial charge in [-0.2, -0.15) is 4.98 Å². The molecule has 1 atom stereocenters. The first-order valence-electron chi connectivity index (χ1n) is 7.52. The van der Waals surface area contributed by atoms with Crippen LogP contribution in [-0.4, -0.2) is 21.9 Å². The lowest BCUT2D eigenvalue weighted by Gasteiger charge is -2.35. The molecule has 0 spiro atoms. The molecular weight excluding hydrogens is 266 g/mol. The molecule has 2 aromatic rings. The molecule has 3 N–H and O–H groups in total. The van der Waals surface area contributed by atoms with Crippen LogP contribution in [0.15, 0.2) is 34.9 Å². The van der Waals surface area contributed by atoms with E-state index in [1.54, 1.807) is 0 Å². The summed E-state index contributed by atoms with van der Waals surface area (Å²) in [6.45, 7) is -0.194. The van der Waals surface area contributed by atoms with Crippen LogP contribution in [0.4, 0.5) is 0 Å². The fourth-order valence-electron chi connectivity index (χ4n) is 3.21. The Morgan fingerprint density at radius 3 is 2.57 bits per heavy atom. The maximum absolute atomic E-state index is 9.14. The monoisotopic (exact) mass is 287 g/mol. The molecule has 3 rings (SSSR count). The first kappa shape index (κ1) is 14.2. The molecule has 0 amide bonds. The molecule has 1 aromatic carbocycles. The van der Waals surface area contributed by atoms with Crippen LogP contribution in [0.3, 0.4) is 0 Å². The smallest absolute Gasteiger partial charge is 0.245 e. The first-order valence-corrected chi connectivity index (χ1v) is 7.52. The van der Waals surface area contributed by atoms with Gasteiger partial charge in [-0.1, -0.05) is 54.8 Å². The van der Waals surface area contributed by atoms with Crippen LogP contribution in [0.25, 0.3) is 0 Å². The molecule has 1 heterocycles. The standard InChI is InChI=1S/C16H21N3O2/c17-13(11-20)14-18-15(19-21-14)16(9-5-2-6-10-16)12-7-3-1-4-8-12/h1,3-4,7-8,13,20H,2,5-6,9-11,17H2/t13-/m0/s1. The van der Waals surface area contributed by atoms with Crippen LogP contribution >= 0.6 is 0 Å². The van der Waals surface area contributed by atoms with Crippen molar-refractivity contribution in [3.05, 3.63) is 47.6 Å². The number of nitrogens with zero attached hydrogens (tertiary/aromatic N) is 2. The highest BCUT2D eigenvalue weighted by Gasteiger charge is 2.40. The van der Waals surface area contributed by atoms with Crippen LogP contribution in [0.5, 0.6) is 0 Å². The van der Waals surface area contributed by atoms with E-state index in [1.807, 2.05) is 18.2 Å². The van der Waals surface area contributed by atoms with Gasteiger partial charge in [-0.3, -0.25) is 0 Å². The summed E-state index contributed by atoms with van der Waals surface area (Å²) in [7, 11) is 0. The second-order valence-electron chi connectivity index (χ2n) is 5.75. The molecular formula is C16H21N3O2. The van der Waals surface area contributed by atoms with Gasteiger partial charge < -0.3 is 15.4 Å². The van der Waals surface area contributed by atoms with Gasteiger partial charge in [0.15, 0.2) is 5.82 Å². The highest BCUT2D eigenvalue weighted by atomic mass is 16.5. The Bertz CT molecular complexity index is 576. The van der Waals surface area contributed by atoms with E-state index in [0.717, 1.165) is 25.7 Å². The number of hydrogen-bond donors (Lipinski definition) is 2. The quantitative estimate of drug-likeness (QED) is 0.901. The zero-order chi connectivity index (χ0) is 14.7. The number of aliphatic hydroxyl groups excluding tert-OH is 1. The number of nitrogens with two attached hydrogens (primary N) is 1. The van der Waals surface area contributed by atoms with E-state index in [1.165, 1.54) is 12.0 Å². The van der Waals surface area contributed by atoms with E-state index in [-0.39, 0.29) is 12.0 Å². The lowest BCUT2D eigenvalue weighted by atomic mass is 9.69. The van der Waals surface area contributed by atoms with Crippen LogP contribution in [-0.2, 0) is 5.41 Å². The largest absolute Gasteiger partial charge is 0.394 e. The predicted molar refractivity (Wildman–Crippen MR) is 78.6 cm³/mol. The summed E-state index contributed by atoms with van der Waals surface area (Å²) in [6, 6.07) is 9.77. The minimum absolute atomic E-state index is 0.184. The third-order valence-corrected chi connectivity index (χ3v) is 4.42. The second-order valence-corrected chi connectivity index (χ2v) is 5.75. The average Bonchev–Trinajstić information content (AvgIpc) is 3.06. The Kier molecular flexibility index (Phi) is 4.03.